The quantitative estimate of drug-likeness (QED) is 0.434. The van der Waals surface area contributed by atoms with E-state index in [0.717, 1.165) is 11.4 Å². The highest BCUT2D eigenvalue weighted by Gasteiger charge is 2.11. The minimum absolute atomic E-state index is 0.0791. The Morgan fingerprint density at radius 1 is 1.24 bits per heavy atom. The number of rotatable bonds is 5. The maximum Gasteiger partial charge on any atom is 0.267 e. The molecule has 0 aromatic heterocycles. The van der Waals surface area contributed by atoms with Gasteiger partial charge in [0.25, 0.3) is 5.91 Å². The van der Waals surface area contributed by atoms with Crippen LogP contribution in [0, 0.1) is 11.3 Å². The van der Waals surface area contributed by atoms with Crippen LogP contribution in [0.2, 0.25) is 5.02 Å². The molecular formula is C18H18ClN5O. The van der Waals surface area contributed by atoms with Crippen LogP contribution in [0.1, 0.15) is 0 Å². The Bertz CT molecular complexity index is 838. The molecule has 128 valence electrons. The predicted molar refractivity (Wildman–Crippen MR) is 103 cm³/mol. The van der Waals surface area contributed by atoms with Gasteiger partial charge < -0.3 is 21.3 Å². The molecule has 0 spiro atoms. The van der Waals surface area contributed by atoms with Crippen LogP contribution in [-0.4, -0.2) is 20.0 Å². The van der Waals surface area contributed by atoms with E-state index < -0.39 is 5.91 Å². The van der Waals surface area contributed by atoms with Crippen molar-refractivity contribution in [3.8, 4) is 6.07 Å². The molecule has 0 unspecified atom stereocenters. The number of nitriles is 1. The Morgan fingerprint density at radius 2 is 1.92 bits per heavy atom. The van der Waals surface area contributed by atoms with Gasteiger partial charge in [-0.2, -0.15) is 5.26 Å². The summed E-state index contributed by atoms with van der Waals surface area (Å²) in [5.74, 6) is -0.563. The van der Waals surface area contributed by atoms with E-state index in [1.54, 1.807) is 12.1 Å². The van der Waals surface area contributed by atoms with Crippen molar-refractivity contribution in [1.29, 1.82) is 5.26 Å². The molecule has 0 fully saturated rings. The van der Waals surface area contributed by atoms with Gasteiger partial charge in [-0.25, -0.2) is 0 Å². The highest BCUT2D eigenvalue weighted by Crippen LogP contribution is 2.24. The maximum atomic E-state index is 12.2. The van der Waals surface area contributed by atoms with Gasteiger partial charge in [-0.05, 0) is 42.5 Å². The van der Waals surface area contributed by atoms with Crippen LogP contribution < -0.4 is 21.3 Å². The van der Waals surface area contributed by atoms with Crippen molar-refractivity contribution < 1.29 is 4.79 Å². The Labute approximate surface area is 151 Å². The fourth-order valence-electron chi connectivity index (χ4n) is 1.98. The highest BCUT2D eigenvalue weighted by molar-refractivity contribution is 6.34. The molecule has 0 heterocycles. The standard InChI is InChI=1S/C18H18ClN5O/c1-24(2)15-6-4-14(5-7-15)22-11-12(10-20)18(25)23-17-8-3-13(21)9-16(17)19/h3-9,11,22H,21H2,1-2H3,(H,23,25)/b12-11-. The zero-order valence-corrected chi connectivity index (χ0v) is 14.6. The Kier molecular flexibility index (Phi) is 5.88. The summed E-state index contributed by atoms with van der Waals surface area (Å²) in [7, 11) is 3.89. The third-order valence-electron chi connectivity index (χ3n) is 3.37. The highest BCUT2D eigenvalue weighted by atomic mass is 35.5. The second-order valence-electron chi connectivity index (χ2n) is 5.45. The summed E-state index contributed by atoms with van der Waals surface area (Å²) in [5, 5.41) is 15.0. The van der Waals surface area contributed by atoms with Crippen molar-refractivity contribution in [3.63, 3.8) is 0 Å². The van der Waals surface area contributed by atoms with Crippen molar-refractivity contribution in [1.82, 2.24) is 0 Å². The zero-order chi connectivity index (χ0) is 18.4. The topological polar surface area (TPSA) is 94.2 Å². The van der Waals surface area contributed by atoms with Gasteiger partial charge in [0, 0.05) is 37.4 Å². The molecular weight excluding hydrogens is 338 g/mol. The van der Waals surface area contributed by atoms with E-state index >= 15 is 0 Å². The summed E-state index contributed by atoms with van der Waals surface area (Å²) < 4.78 is 0. The average molecular weight is 356 g/mol. The molecule has 6 nitrogen and oxygen atoms in total. The molecule has 1 amide bonds. The first-order valence-electron chi connectivity index (χ1n) is 7.41. The molecule has 0 aliphatic rings. The van der Waals surface area contributed by atoms with Crippen molar-refractivity contribution in [3.05, 3.63) is 59.3 Å². The number of benzene rings is 2. The lowest BCUT2D eigenvalue weighted by molar-refractivity contribution is -0.112. The summed E-state index contributed by atoms with van der Waals surface area (Å²) in [6.45, 7) is 0. The molecule has 4 N–H and O–H groups in total. The van der Waals surface area contributed by atoms with Crippen LogP contribution in [0.3, 0.4) is 0 Å². The number of amides is 1. The molecule has 2 rings (SSSR count). The molecule has 25 heavy (non-hydrogen) atoms. The number of hydrogen-bond donors (Lipinski definition) is 3. The lowest BCUT2D eigenvalue weighted by atomic mass is 10.2. The molecule has 0 bridgehead atoms. The van der Waals surface area contributed by atoms with Gasteiger partial charge in [-0.3, -0.25) is 4.79 Å². The molecule has 7 heteroatoms. The largest absolute Gasteiger partial charge is 0.399 e. The minimum Gasteiger partial charge on any atom is -0.399 e. The molecule has 0 saturated heterocycles. The number of nitrogens with zero attached hydrogens (tertiary/aromatic N) is 2. The van der Waals surface area contributed by atoms with Gasteiger partial charge in [0.15, 0.2) is 0 Å². The zero-order valence-electron chi connectivity index (χ0n) is 13.9. The summed E-state index contributed by atoms with van der Waals surface area (Å²) in [4.78, 5) is 14.2. The number of carbonyl (C=O) groups is 1. The average Bonchev–Trinajstić information content (AvgIpc) is 2.58. The lowest BCUT2D eigenvalue weighted by Crippen LogP contribution is -2.15. The molecule has 0 aliphatic heterocycles. The second-order valence-corrected chi connectivity index (χ2v) is 5.86. The van der Waals surface area contributed by atoms with Crippen LogP contribution in [-0.2, 0) is 4.79 Å². The summed E-state index contributed by atoms with van der Waals surface area (Å²) in [5.41, 5.74) is 8.21. The molecule has 0 atom stereocenters. The van der Waals surface area contributed by atoms with E-state index in [9.17, 15) is 10.1 Å². The number of nitrogens with two attached hydrogens (primary N) is 1. The number of hydrogen-bond acceptors (Lipinski definition) is 5. The first-order valence-corrected chi connectivity index (χ1v) is 7.79. The summed E-state index contributed by atoms with van der Waals surface area (Å²) in [6.07, 6.45) is 1.35. The third-order valence-corrected chi connectivity index (χ3v) is 3.69. The van der Waals surface area contributed by atoms with E-state index in [-0.39, 0.29) is 5.57 Å². The fraction of sp³-hybridized carbons (Fsp3) is 0.111. The third kappa shape index (κ3) is 4.90. The van der Waals surface area contributed by atoms with Gasteiger partial charge in [0.2, 0.25) is 0 Å². The maximum absolute atomic E-state index is 12.2. The van der Waals surface area contributed by atoms with Gasteiger partial charge in [0.1, 0.15) is 11.6 Å². The van der Waals surface area contributed by atoms with Crippen LogP contribution in [0.15, 0.2) is 54.2 Å². The van der Waals surface area contributed by atoms with Crippen molar-refractivity contribution in [2.24, 2.45) is 0 Å². The molecule has 0 radical (unpaired) electrons. The van der Waals surface area contributed by atoms with Gasteiger partial charge in [0.05, 0.1) is 10.7 Å². The first-order chi connectivity index (χ1) is 11.9. The van der Waals surface area contributed by atoms with Crippen LogP contribution in [0.5, 0.6) is 0 Å². The molecule has 0 saturated carbocycles. The van der Waals surface area contributed by atoms with Gasteiger partial charge in [-0.15, -0.1) is 0 Å². The predicted octanol–water partition coefficient (Wildman–Crippen LogP) is 3.45. The Morgan fingerprint density at radius 3 is 2.48 bits per heavy atom. The van der Waals surface area contributed by atoms with Crippen LogP contribution >= 0.6 is 11.6 Å². The van der Waals surface area contributed by atoms with Crippen LogP contribution in [0.25, 0.3) is 0 Å². The first kappa shape index (κ1) is 18.2. The molecule has 2 aromatic carbocycles. The smallest absolute Gasteiger partial charge is 0.267 e. The van der Waals surface area contributed by atoms with Gasteiger partial charge in [-0.1, -0.05) is 11.6 Å². The van der Waals surface area contributed by atoms with E-state index in [0.29, 0.717) is 16.4 Å². The van der Waals surface area contributed by atoms with Crippen molar-refractivity contribution >= 4 is 40.3 Å². The fourth-order valence-corrected chi connectivity index (χ4v) is 2.22. The normalized spacial score (nSPS) is 10.7. The second kappa shape index (κ2) is 8.08. The number of nitrogens with one attached hydrogen (secondary N) is 2. The summed E-state index contributed by atoms with van der Waals surface area (Å²) >= 11 is 6.02. The number of carbonyl (C=O) groups excluding carboxylic acids is 1. The van der Waals surface area contributed by atoms with Gasteiger partial charge >= 0.3 is 0 Å². The molecule has 2 aromatic rings. The van der Waals surface area contributed by atoms with E-state index in [1.807, 2.05) is 49.3 Å². The monoisotopic (exact) mass is 355 g/mol. The number of halogens is 1. The Balaban J connectivity index is 2.08. The molecule has 0 aliphatic carbocycles. The number of nitrogen functional groups attached to an aromatic ring is 1. The van der Waals surface area contributed by atoms with E-state index in [4.69, 9.17) is 17.3 Å². The van der Waals surface area contributed by atoms with E-state index in [1.165, 1.54) is 12.3 Å². The summed E-state index contributed by atoms with van der Waals surface area (Å²) in [6, 6.07) is 14.2. The Hall–Kier alpha value is -3.17. The number of anilines is 4. The lowest BCUT2D eigenvalue weighted by Gasteiger charge is -2.12. The SMILES string of the molecule is CN(C)c1ccc(N/C=C(/C#N)C(=O)Nc2ccc(N)cc2Cl)cc1. The van der Waals surface area contributed by atoms with Crippen LogP contribution in [0.4, 0.5) is 22.7 Å². The van der Waals surface area contributed by atoms with Crippen molar-refractivity contribution in [2.75, 3.05) is 35.4 Å². The van der Waals surface area contributed by atoms with Crippen molar-refractivity contribution in [2.45, 2.75) is 0 Å². The van der Waals surface area contributed by atoms with E-state index in [2.05, 4.69) is 10.6 Å². The minimum atomic E-state index is -0.563.